The van der Waals surface area contributed by atoms with Gasteiger partial charge in [0, 0.05) is 54.7 Å². The summed E-state index contributed by atoms with van der Waals surface area (Å²) in [5.41, 5.74) is 2.23. The minimum atomic E-state index is -3.06. The number of anilines is 3. The number of piperazine rings is 1. The van der Waals surface area contributed by atoms with E-state index >= 15 is 0 Å². The Hall–Kier alpha value is -3.35. The molecular formula is C24H24ClF4N7O. The van der Waals surface area contributed by atoms with Gasteiger partial charge in [0.05, 0.1) is 23.6 Å². The van der Waals surface area contributed by atoms with Gasteiger partial charge in [0.15, 0.2) is 0 Å². The zero-order valence-corrected chi connectivity index (χ0v) is 20.5. The first-order chi connectivity index (χ1) is 17.7. The van der Waals surface area contributed by atoms with Gasteiger partial charge in [-0.25, -0.2) is 22.5 Å². The lowest BCUT2D eigenvalue weighted by Gasteiger charge is -2.35. The molecule has 1 aliphatic rings. The van der Waals surface area contributed by atoms with Crippen LogP contribution in [-0.4, -0.2) is 76.3 Å². The summed E-state index contributed by atoms with van der Waals surface area (Å²) in [5, 5.41) is 14.4. The fraction of sp³-hybridized carbons (Fsp3) is 0.333. The molecule has 8 nitrogen and oxygen atoms in total. The molecular weight excluding hydrogens is 514 g/mol. The quantitative estimate of drug-likeness (QED) is 0.323. The first-order valence-electron chi connectivity index (χ1n) is 11.4. The Morgan fingerprint density at radius 1 is 1.08 bits per heavy atom. The molecule has 1 unspecified atom stereocenters. The molecule has 196 valence electrons. The van der Waals surface area contributed by atoms with E-state index < -0.39 is 18.5 Å². The summed E-state index contributed by atoms with van der Waals surface area (Å²) < 4.78 is 52.9. The molecule has 37 heavy (non-hydrogen) atoms. The number of aromatic nitrogens is 3. The maximum Gasteiger partial charge on any atom is 0.282 e. The van der Waals surface area contributed by atoms with Crippen LogP contribution in [0, 0.1) is 12.7 Å². The highest BCUT2D eigenvalue weighted by atomic mass is 35.5. The first kappa shape index (κ1) is 26.7. The molecule has 3 heterocycles. The average Bonchev–Trinajstić information content (AvgIpc) is 2.87. The van der Waals surface area contributed by atoms with Gasteiger partial charge in [-0.15, -0.1) is 0 Å². The van der Waals surface area contributed by atoms with Crippen molar-refractivity contribution in [1.29, 1.82) is 0 Å². The Bertz CT molecular complexity index is 1260. The van der Waals surface area contributed by atoms with Crippen LogP contribution in [0.25, 0.3) is 11.3 Å². The van der Waals surface area contributed by atoms with Gasteiger partial charge in [-0.05, 0) is 37.3 Å². The molecule has 1 aromatic carbocycles. The van der Waals surface area contributed by atoms with Crippen LogP contribution in [0.1, 0.15) is 5.69 Å². The zero-order chi connectivity index (χ0) is 26.5. The summed E-state index contributed by atoms with van der Waals surface area (Å²) in [6.07, 6.45) is -3.85. The summed E-state index contributed by atoms with van der Waals surface area (Å²) in [6.45, 7) is 2.55. The number of aryl methyl sites for hydroxylation is 1. The van der Waals surface area contributed by atoms with Gasteiger partial charge in [-0.3, -0.25) is 14.6 Å². The molecule has 13 heteroatoms. The fourth-order valence-corrected chi connectivity index (χ4v) is 4.02. The topological polar surface area (TPSA) is 86.3 Å². The number of hydrogen-bond donors (Lipinski definition) is 2. The number of carbonyl (C=O) groups is 1. The van der Waals surface area contributed by atoms with Crippen LogP contribution >= 0.6 is 11.6 Å². The van der Waals surface area contributed by atoms with Crippen LogP contribution < -0.4 is 10.6 Å². The van der Waals surface area contributed by atoms with E-state index in [1.165, 1.54) is 24.4 Å². The van der Waals surface area contributed by atoms with Crippen molar-refractivity contribution in [3.63, 3.8) is 0 Å². The molecule has 0 bridgehead atoms. The number of nitrogens with zero attached hydrogens (tertiary/aromatic N) is 5. The second-order valence-corrected chi connectivity index (χ2v) is 8.91. The number of alkyl halides is 3. The third-order valence-electron chi connectivity index (χ3n) is 5.82. The van der Waals surface area contributed by atoms with E-state index in [-0.39, 0.29) is 36.9 Å². The van der Waals surface area contributed by atoms with E-state index in [0.29, 0.717) is 40.9 Å². The highest BCUT2D eigenvalue weighted by Gasteiger charge is 2.30. The van der Waals surface area contributed by atoms with E-state index in [2.05, 4.69) is 25.8 Å². The predicted molar refractivity (Wildman–Crippen MR) is 132 cm³/mol. The molecule has 0 spiro atoms. The van der Waals surface area contributed by atoms with Crippen molar-refractivity contribution in [3.8, 4) is 11.3 Å². The molecule has 1 saturated heterocycles. The Labute approximate surface area is 215 Å². The maximum absolute atomic E-state index is 14.3. The van der Waals surface area contributed by atoms with Crippen LogP contribution in [0.15, 0.2) is 42.6 Å². The lowest BCUT2D eigenvalue weighted by atomic mass is 10.1. The van der Waals surface area contributed by atoms with Crippen molar-refractivity contribution in [2.75, 3.05) is 43.4 Å². The number of nitrogens with one attached hydrogen (secondary N) is 2. The number of benzene rings is 1. The van der Waals surface area contributed by atoms with E-state index in [4.69, 9.17) is 11.6 Å². The molecule has 4 rings (SSSR count). The number of rotatable bonds is 8. The minimum Gasteiger partial charge on any atom is -0.354 e. The average molecular weight is 538 g/mol. The molecule has 2 N–H and O–H groups in total. The van der Waals surface area contributed by atoms with Gasteiger partial charge < -0.3 is 10.6 Å². The Balaban J connectivity index is 1.38. The number of pyridine rings is 1. The largest absolute Gasteiger partial charge is 0.354 e. The third-order valence-corrected chi connectivity index (χ3v) is 6.06. The fourth-order valence-electron chi connectivity index (χ4n) is 3.85. The lowest BCUT2D eigenvalue weighted by Crippen LogP contribution is -2.52. The predicted octanol–water partition coefficient (Wildman–Crippen LogP) is 4.50. The lowest BCUT2D eigenvalue weighted by molar-refractivity contribution is -0.118. The van der Waals surface area contributed by atoms with Crippen LogP contribution in [0.4, 0.5) is 34.8 Å². The van der Waals surface area contributed by atoms with Crippen molar-refractivity contribution in [2.45, 2.75) is 19.6 Å². The third kappa shape index (κ3) is 6.90. The standard InChI is InChI=1S/C24H24ClF4N7O/c1-14-19(12-20(34-33-14)17-10-15(25)2-3-18(17)26)31-16-4-5-30-21(11-16)32-22(37)13-35-6-8-36(9-7-35)24(29)23(27)28/h2-5,10-12,23-24H,6-9,13H2,1H3,(H2,30,31,32,34,37). The second kappa shape index (κ2) is 11.8. The van der Waals surface area contributed by atoms with Gasteiger partial charge in [-0.2, -0.15) is 10.2 Å². The zero-order valence-electron chi connectivity index (χ0n) is 19.8. The van der Waals surface area contributed by atoms with Crippen molar-refractivity contribution < 1.29 is 22.4 Å². The van der Waals surface area contributed by atoms with Crippen molar-refractivity contribution >= 4 is 34.7 Å². The van der Waals surface area contributed by atoms with Crippen LogP contribution in [0.5, 0.6) is 0 Å². The Kier molecular flexibility index (Phi) is 8.52. The van der Waals surface area contributed by atoms with Crippen molar-refractivity contribution in [3.05, 3.63) is 59.1 Å². The number of amides is 1. The summed E-state index contributed by atoms with van der Waals surface area (Å²) in [7, 11) is 0. The van der Waals surface area contributed by atoms with E-state index in [1.807, 2.05) is 0 Å². The number of carbonyl (C=O) groups excluding carboxylic acids is 1. The molecule has 1 fully saturated rings. The highest BCUT2D eigenvalue weighted by Crippen LogP contribution is 2.28. The Morgan fingerprint density at radius 3 is 2.57 bits per heavy atom. The first-order valence-corrected chi connectivity index (χ1v) is 11.8. The van der Waals surface area contributed by atoms with Crippen LogP contribution in [0.3, 0.4) is 0 Å². The molecule has 1 atom stereocenters. The van der Waals surface area contributed by atoms with Gasteiger partial charge in [0.25, 0.3) is 6.43 Å². The van der Waals surface area contributed by atoms with Crippen molar-refractivity contribution in [1.82, 2.24) is 25.0 Å². The molecule has 0 radical (unpaired) electrons. The van der Waals surface area contributed by atoms with Gasteiger partial charge in [0.1, 0.15) is 11.6 Å². The molecule has 3 aromatic rings. The number of halogens is 5. The summed E-state index contributed by atoms with van der Waals surface area (Å²) in [4.78, 5) is 19.5. The Morgan fingerprint density at radius 2 is 1.84 bits per heavy atom. The van der Waals surface area contributed by atoms with Gasteiger partial charge >= 0.3 is 0 Å². The molecule has 2 aromatic heterocycles. The monoisotopic (exact) mass is 537 g/mol. The van der Waals surface area contributed by atoms with Crippen LogP contribution in [-0.2, 0) is 4.79 Å². The molecule has 1 aliphatic heterocycles. The number of hydrogen-bond acceptors (Lipinski definition) is 7. The van der Waals surface area contributed by atoms with E-state index in [9.17, 15) is 22.4 Å². The summed E-state index contributed by atoms with van der Waals surface area (Å²) in [6, 6.07) is 9.11. The van der Waals surface area contributed by atoms with Crippen LogP contribution in [0.2, 0.25) is 5.02 Å². The molecule has 0 aliphatic carbocycles. The normalized spacial score (nSPS) is 15.5. The highest BCUT2D eigenvalue weighted by molar-refractivity contribution is 6.30. The summed E-state index contributed by atoms with van der Waals surface area (Å²) in [5.74, 6) is -0.539. The minimum absolute atomic E-state index is 0.0146. The van der Waals surface area contributed by atoms with Crippen molar-refractivity contribution in [2.24, 2.45) is 0 Å². The summed E-state index contributed by atoms with van der Waals surface area (Å²) >= 11 is 6.00. The SMILES string of the molecule is Cc1nnc(-c2cc(Cl)ccc2F)cc1Nc1ccnc(NC(=O)CN2CCN(C(F)C(F)F)CC2)c1. The second-order valence-electron chi connectivity index (χ2n) is 8.47. The molecule has 0 saturated carbocycles. The smallest absolute Gasteiger partial charge is 0.282 e. The van der Waals surface area contributed by atoms with Gasteiger partial charge in [-0.1, -0.05) is 11.6 Å². The molecule has 1 amide bonds. The van der Waals surface area contributed by atoms with E-state index in [1.54, 1.807) is 30.0 Å². The maximum atomic E-state index is 14.3. The van der Waals surface area contributed by atoms with E-state index in [0.717, 1.165) is 4.90 Å². The van der Waals surface area contributed by atoms with Gasteiger partial charge in [0.2, 0.25) is 12.2 Å².